The molecule has 2 N–H and O–H groups in total. The fraction of sp³-hybridized carbons (Fsp3) is 0.371. The average Bonchev–Trinajstić information content (AvgIpc) is 3.07. The summed E-state index contributed by atoms with van der Waals surface area (Å²) in [6.07, 6.45) is 3.49. The van der Waals surface area contributed by atoms with Gasteiger partial charge in [0.05, 0.1) is 19.9 Å². The molecule has 0 aromatic heterocycles. The summed E-state index contributed by atoms with van der Waals surface area (Å²) < 4.78 is 11.2. The number of carbonyl (C=O) groups is 1. The number of methoxy groups -OCH3 is 2. The number of amidine groups is 1. The summed E-state index contributed by atoms with van der Waals surface area (Å²) in [4.78, 5) is 27.5. The quantitative estimate of drug-likeness (QED) is 0.313. The zero-order chi connectivity index (χ0) is 31.9. The molecule has 2 aliphatic rings. The maximum absolute atomic E-state index is 14.4. The van der Waals surface area contributed by atoms with Gasteiger partial charge in [-0.05, 0) is 67.4 Å². The summed E-state index contributed by atoms with van der Waals surface area (Å²) in [5.41, 5.74) is 5.73. The molecule has 0 bridgehead atoms. The molecular formula is C35H45N7O3. The van der Waals surface area contributed by atoms with E-state index in [1.54, 1.807) is 25.2 Å². The van der Waals surface area contributed by atoms with Crippen molar-refractivity contribution in [1.29, 1.82) is 0 Å². The number of anilines is 4. The Morgan fingerprint density at radius 1 is 0.911 bits per heavy atom. The second kappa shape index (κ2) is 14.4. The molecule has 0 aliphatic carbocycles. The van der Waals surface area contributed by atoms with Crippen LogP contribution in [0.25, 0.3) is 0 Å². The molecule has 1 fully saturated rings. The summed E-state index contributed by atoms with van der Waals surface area (Å²) in [6.45, 7) is 8.71. The van der Waals surface area contributed by atoms with Crippen LogP contribution in [0.5, 0.6) is 11.5 Å². The lowest BCUT2D eigenvalue weighted by Gasteiger charge is -2.35. The number of hydrogen-bond acceptors (Lipinski definition) is 8. The molecule has 0 unspecified atom stereocenters. The van der Waals surface area contributed by atoms with E-state index >= 15 is 0 Å². The first-order valence-corrected chi connectivity index (χ1v) is 15.6. The van der Waals surface area contributed by atoms with Crippen LogP contribution >= 0.6 is 0 Å². The number of aryl methyl sites for hydroxylation is 2. The van der Waals surface area contributed by atoms with E-state index in [0.717, 1.165) is 61.5 Å². The van der Waals surface area contributed by atoms with Crippen molar-refractivity contribution in [3.63, 3.8) is 0 Å². The molecule has 2 heterocycles. The van der Waals surface area contributed by atoms with Crippen molar-refractivity contribution in [2.24, 2.45) is 4.99 Å². The minimum atomic E-state index is -0.301. The van der Waals surface area contributed by atoms with Crippen LogP contribution in [-0.2, 0) is 12.8 Å². The number of piperazine rings is 1. The predicted octanol–water partition coefficient (Wildman–Crippen LogP) is 5.87. The Balaban J connectivity index is 1.47. The Hall–Kier alpha value is -4.70. The molecule has 3 aromatic carbocycles. The number of carbonyl (C=O) groups excluding carboxylic acids is 1. The van der Waals surface area contributed by atoms with Crippen LogP contribution in [0.3, 0.4) is 0 Å². The molecule has 0 saturated carbocycles. The van der Waals surface area contributed by atoms with Gasteiger partial charge in [-0.25, -0.2) is 14.7 Å². The number of hydrogen-bond donors (Lipinski definition) is 2. The summed E-state index contributed by atoms with van der Waals surface area (Å²) in [5.74, 6) is 2.45. The third kappa shape index (κ3) is 7.17. The maximum Gasteiger partial charge on any atom is 0.332 e. The zero-order valence-corrected chi connectivity index (χ0v) is 27.3. The van der Waals surface area contributed by atoms with E-state index in [9.17, 15) is 4.79 Å². The summed E-state index contributed by atoms with van der Waals surface area (Å²) in [5, 5.41) is 6.70. The van der Waals surface area contributed by atoms with Crippen LogP contribution in [0.2, 0.25) is 0 Å². The standard InChI is InChI=1S/C35H45N7O3/c1-7-25-10-9-11-26(8-2)34(25)38-35(43)42(30-17-16-29(44-5)22-31(30)45-6)33-23-32(36-24-40(33)4)37-27-12-14-28(15-13-27)41-20-18-39(3)19-21-41/h9-17,22-23H,7-8,18-21,24H2,1-6H3,(H,36,37)(H,38,43). The van der Waals surface area contributed by atoms with Gasteiger partial charge in [-0.15, -0.1) is 0 Å². The number of benzene rings is 3. The number of urea groups is 1. The Kier molecular flexibility index (Phi) is 10.1. The minimum Gasteiger partial charge on any atom is -0.497 e. The normalized spacial score (nSPS) is 15.2. The first-order chi connectivity index (χ1) is 21.8. The third-order valence-corrected chi connectivity index (χ3v) is 8.41. The fourth-order valence-electron chi connectivity index (χ4n) is 5.68. The largest absolute Gasteiger partial charge is 0.497 e. The lowest BCUT2D eigenvalue weighted by molar-refractivity contribution is 0.255. The molecule has 3 aromatic rings. The number of likely N-dealkylation sites (N-methyl/N-ethyl adjacent to an activating group) is 1. The summed E-state index contributed by atoms with van der Waals surface area (Å²) in [6, 6.07) is 19.8. The van der Waals surface area contributed by atoms with Crippen molar-refractivity contribution in [3.05, 3.63) is 83.7 Å². The van der Waals surface area contributed by atoms with Crippen molar-refractivity contribution in [3.8, 4) is 11.5 Å². The second-order valence-corrected chi connectivity index (χ2v) is 11.3. The van der Waals surface area contributed by atoms with Crippen molar-refractivity contribution in [2.75, 3.05) is 81.6 Å². The van der Waals surface area contributed by atoms with E-state index in [0.29, 0.717) is 35.5 Å². The number of rotatable bonds is 9. The van der Waals surface area contributed by atoms with Crippen molar-refractivity contribution in [1.82, 2.24) is 9.80 Å². The highest BCUT2D eigenvalue weighted by atomic mass is 16.5. The molecular weight excluding hydrogens is 566 g/mol. The topological polar surface area (TPSA) is 84.9 Å². The van der Waals surface area contributed by atoms with Gasteiger partial charge in [0, 0.05) is 62.4 Å². The third-order valence-electron chi connectivity index (χ3n) is 8.41. The highest BCUT2D eigenvalue weighted by molar-refractivity contribution is 6.09. The van der Waals surface area contributed by atoms with Crippen molar-refractivity contribution >= 4 is 34.6 Å². The van der Waals surface area contributed by atoms with Crippen LogP contribution in [0, 0.1) is 0 Å². The monoisotopic (exact) mass is 611 g/mol. The van der Waals surface area contributed by atoms with Gasteiger partial charge in [-0.3, -0.25) is 0 Å². The number of ether oxygens (including phenoxy) is 2. The second-order valence-electron chi connectivity index (χ2n) is 11.3. The number of aliphatic imine (C=N–C) groups is 1. The van der Waals surface area contributed by atoms with E-state index in [4.69, 9.17) is 14.5 Å². The smallest absolute Gasteiger partial charge is 0.332 e. The van der Waals surface area contributed by atoms with Crippen molar-refractivity contribution < 1.29 is 14.3 Å². The Morgan fingerprint density at radius 2 is 1.60 bits per heavy atom. The van der Waals surface area contributed by atoms with Gasteiger partial charge in [0.25, 0.3) is 0 Å². The van der Waals surface area contributed by atoms with Crippen LogP contribution < -0.4 is 29.9 Å². The molecule has 2 amide bonds. The highest BCUT2D eigenvalue weighted by Crippen LogP contribution is 2.36. The molecule has 238 valence electrons. The first-order valence-electron chi connectivity index (χ1n) is 15.6. The van der Waals surface area contributed by atoms with E-state index in [2.05, 4.69) is 77.7 Å². The van der Waals surface area contributed by atoms with Crippen LogP contribution in [0.15, 0.2) is 77.6 Å². The van der Waals surface area contributed by atoms with E-state index < -0.39 is 0 Å². The molecule has 1 saturated heterocycles. The van der Waals surface area contributed by atoms with Gasteiger partial charge in [0.1, 0.15) is 29.8 Å². The van der Waals surface area contributed by atoms with Gasteiger partial charge in [0.15, 0.2) is 0 Å². The minimum absolute atomic E-state index is 0.301. The van der Waals surface area contributed by atoms with Gasteiger partial charge >= 0.3 is 6.03 Å². The molecule has 10 heteroatoms. The Morgan fingerprint density at radius 3 is 2.22 bits per heavy atom. The number of para-hydroxylation sites is 1. The number of nitrogens with zero attached hydrogens (tertiary/aromatic N) is 5. The SMILES string of the molecule is CCc1cccc(CC)c1NC(=O)N(C1=CC(Nc2ccc(N3CCN(C)CC3)cc2)=NCN1C)c1ccc(OC)cc1OC. The predicted molar refractivity (Wildman–Crippen MR) is 184 cm³/mol. The maximum atomic E-state index is 14.4. The molecule has 2 aliphatic heterocycles. The lowest BCUT2D eigenvalue weighted by Crippen LogP contribution is -2.44. The summed E-state index contributed by atoms with van der Waals surface area (Å²) >= 11 is 0. The molecule has 10 nitrogen and oxygen atoms in total. The Labute approximate surface area is 266 Å². The van der Waals surface area contributed by atoms with E-state index in [1.807, 2.05) is 36.2 Å². The Bertz CT molecular complexity index is 1520. The molecule has 0 spiro atoms. The zero-order valence-electron chi connectivity index (χ0n) is 27.3. The van der Waals surface area contributed by atoms with Gasteiger partial charge in [-0.1, -0.05) is 32.0 Å². The van der Waals surface area contributed by atoms with Gasteiger partial charge in [-0.2, -0.15) is 0 Å². The molecule has 45 heavy (non-hydrogen) atoms. The van der Waals surface area contributed by atoms with E-state index in [1.165, 1.54) is 5.69 Å². The van der Waals surface area contributed by atoms with Crippen molar-refractivity contribution in [2.45, 2.75) is 26.7 Å². The molecule has 0 atom stereocenters. The molecule has 0 radical (unpaired) electrons. The van der Waals surface area contributed by atoms with Crippen LogP contribution in [0.1, 0.15) is 25.0 Å². The lowest BCUT2D eigenvalue weighted by atomic mass is 10.0. The first kappa shape index (κ1) is 31.7. The average molecular weight is 612 g/mol. The molecule has 5 rings (SSSR count). The highest BCUT2D eigenvalue weighted by Gasteiger charge is 2.29. The number of amides is 2. The summed E-state index contributed by atoms with van der Waals surface area (Å²) in [7, 11) is 7.28. The van der Waals surface area contributed by atoms with Crippen LogP contribution in [-0.4, -0.2) is 82.8 Å². The number of nitrogens with one attached hydrogen (secondary N) is 2. The van der Waals surface area contributed by atoms with Crippen LogP contribution in [0.4, 0.5) is 27.5 Å². The van der Waals surface area contributed by atoms with Gasteiger partial charge < -0.3 is 34.8 Å². The van der Waals surface area contributed by atoms with Gasteiger partial charge in [0.2, 0.25) is 0 Å². The van der Waals surface area contributed by atoms with E-state index in [-0.39, 0.29) is 6.03 Å². The fourth-order valence-corrected chi connectivity index (χ4v) is 5.68.